The molecule has 1 fully saturated rings. The standard InChI is InChI=1S/C16H12ClFN2S/c17-11-7-13-15(8-12(11)18)20(16(21)19-13)14-6-10(14)9-4-2-1-3-5-9/h1-5,7-8,10,14H,6H2,(H,19,21). The SMILES string of the molecule is Fc1cc2c(cc1Cl)[nH]c(=S)n2C1CC1c1ccccc1. The van der Waals surface area contributed by atoms with Crippen LogP contribution >= 0.6 is 23.8 Å². The van der Waals surface area contributed by atoms with Crippen LogP contribution in [-0.2, 0) is 0 Å². The number of imidazole rings is 1. The summed E-state index contributed by atoms with van der Waals surface area (Å²) in [6.07, 6.45) is 1.02. The van der Waals surface area contributed by atoms with Gasteiger partial charge < -0.3 is 9.55 Å². The van der Waals surface area contributed by atoms with Crippen molar-refractivity contribution in [2.24, 2.45) is 0 Å². The predicted molar refractivity (Wildman–Crippen MR) is 84.9 cm³/mol. The fourth-order valence-electron chi connectivity index (χ4n) is 2.98. The van der Waals surface area contributed by atoms with Gasteiger partial charge in [-0.3, -0.25) is 0 Å². The van der Waals surface area contributed by atoms with E-state index in [1.165, 1.54) is 11.6 Å². The summed E-state index contributed by atoms with van der Waals surface area (Å²) in [4.78, 5) is 3.12. The van der Waals surface area contributed by atoms with Crippen molar-refractivity contribution in [3.8, 4) is 0 Å². The summed E-state index contributed by atoms with van der Waals surface area (Å²) in [5.74, 6) is 0.0273. The minimum absolute atomic E-state index is 0.112. The highest BCUT2D eigenvalue weighted by atomic mass is 35.5. The summed E-state index contributed by atoms with van der Waals surface area (Å²) in [6.45, 7) is 0. The smallest absolute Gasteiger partial charge is 0.178 e. The van der Waals surface area contributed by atoms with Crippen molar-refractivity contribution in [1.29, 1.82) is 0 Å². The third kappa shape index (κ3) is 2.10. The molecule has 1 N–H and O–H groups in total. The maximum Gasteiger partial charge on any atom is 0.178 e. The van der Waals surface area contributed by atoms with Gasteiger partial charge in [-0.05, 0) is 30.3 Å². The Morgan fingerprint density at radius 1 is 1.24 bits per heavy atom. The zero-order valence-corrected chi connectivity index (χ0v) is 12.6. The number of benzene rings is 2. The number of hydrogen-bond acceptors (Lipinski definition) is 1. The van der Waals surface area contributed by atoms with E-state index < -0.39 is 5.82 Å². The summed E-state index contributed by atoms with van der Waals surface area (Å²) >= 11 is 11.2. The van der Waals surface area contributed by atoms with E-state index in [9.17, 15) is 4.39 Å². The summed E-state index contributed by atoms with van der Waals surface area (Å²) in [5, 5.41) is 0.112. The summed E-state index contributed by atoms with van der Waals surface area (Å²) in [5.41, 5.74) is 2.86. The first-order valence-corrected chi connectivity index (χ1v) is 7.58. The topological polar surface area (TPSA) is 20.7 Å². The van der Waals surface area contributed by atoms with Crippen LogP contribution in [0.1, 0.15) is 23.9 Å². The van der Waals surface area contributed by atoms with E-state index in [0.29, 0.717) is 10.7 Å². The number of nitrogens with zero attached hydrogens (tertiary/aromatic N) is 1. The van der Waals surface area contributed by atoms with E-state index in [2.05, 4.69) is 17.1 Å². The van der Waals surface area contributed by atoms with Gasteiger partial charge in [0.15, 0.2) is 4.77 Å². The molecule has 5 heteroatoms. The highest BCUT2D eigenvalue weighted by molar-refractivity contribution is 7.71. The first-order chi connectivity index (χ1) is 10.1. The largest absolute Gasteiger partial charge is 0.331 e. The van der Waals surface area contributed by atoms with Crippen LogP contribution in [-0.4, -0.2) is 9.55 Å². The maximum absolute atomic E-state index is 13.7. The van der Waals surface area contributed by atoms with Crippen molar-refractivity contribution < 1.29 is 4.39 Å². The minimum atomic E-state index is -0.413. The van der Waals surface area contributed by atoms with Crippen molar-refractivity contribution in [1.82, 2.24) is 9.55 Å². The molecule has 2 atom stereocenters. The Kier molecular flexibility index (Phi) is 2.91. The van der Waals surface area contributed by atoms with Crippen molar-refractivity contribution in [3.63, 3.8) is 0 Å². The molecule has 0 aliphatic heterocycles. The van der Waals surface area contributed by atoms with Gasteiger partial charge in [0.1, 0.15) is 5.82 Å². The Balaban J connectivity index is 1.80. The Bertz CT molecular complexity index is 884. The molecule has 2 unspecified atom stereocenters. The highest BCUT2D eigenvalue weighted by Crippen LogP contribution is 2.52. The number of aromatic nitrogens is 2. The van der Waals surface area contributed by atoms with Crippen LogP contribution in [0.25, 0.3) is 11.0 Å². The Labute approximate surface area is 131 Å². The lowest BCUT2D eigenvalue weighted by molar-refractivity contribution is 0.628. The van der Waals surface area contributed by atoms with E-state index in [1.54, 1.807) is 6.07 Å². The zero-order chi connectivity index (χ0) is 14.6. The molecule has 3 aromatic rings. The number of rotatable bonds is 2. The molecule has 2 aromatic carbocycles. The molecule has 0 amide bonds. The van der Waals surface area contributed by atoms with Gasteiger partial charge in [0.05, 0.1) is 16.1 Å². The molecule has 4 rings (SSSR count). The minimum Gasteiger partial charge on any atom is -0.331 e. The fraction of sp³-hybridized carbons (Fsp3) is 0.188. The first kappa shape index (κ1) is 13.0. The fourth-order valence-corrected chi connectivity index (χ4v) is 3.48. The number of fused-ring (bicyclic) bond motifs is 1. The number of H-pyrrole nitrogens is 1. The average Bonchev–Trinajstić information content (AvgIpc) is 3.19. The van der Waals surface area contributed by atoms with Gasteiger partial charge in [-0.25, -0.2) is 4.39 Å². The van der Waals surface area contributed by atoms with E-state index in [4.69, 9.17) is 23.8 Å². The molecule has 1 aromatic heterocycles. The van der Waals surface area contributed by atoms with E-state index in [-0.39, 0.29) is 11.1 Å². The Morgan fingerprint density at radius 3 is 2.76 bits per heavy atom. The van der Waals surface area contributed by atoms with Gasteiger partial charge in [-0.15, -0.1) is 0 Å². The second kappa shape index (κ2) is 4.68. The van der Waals surface area contributed by atoms with Crippen LogP contribution in [0, 0.1) is 10.6 Å². The van der Waals surface area contributed by atoms with Gasteiger partial charge in [0.2, 0.25) is 0 Å². The number of nitrogens with one attached hydrogen (secondary N) is 1. The van der Waals surface area contributed by atoms with Crippen molar-refractivity contribution >= 4 is 34.9 Å². The molecular weight excluding hydrogens is 307 g/mol. The summed E-state index contributed by atoms with van der Waals surface area (Å²) < 4.78 is 16.4. The molecular formula is C16H12ClFN2S. The van der Waals surface area contributed by atoms with E-state index in [0.717, 1.165) is 17.5 Å². The molecule has 21 heavy (non-hydrogen) atoms. The lowest BCUT2D eigenvalue weighted by atomic mass is 10.1. The third-order valence-electron chi connectivity index (χ3n) is 4.07. The number of halogens is 2. The molecule has 1 aliphatic carbocycles. The van der Waals surface area contributed by atoms with Crippen LogP contribution in [0.4, 0.5) is 4.39 Å². The normalized spacial score (nSPS) is 20.9. The Hall–Kier alpha value is -1.65. The van der Waals surface area contributed by atoms with Crippen molar-refractivity contribution in [2.75, 3.05) is 0 Å². The number of hydrogen-bond donors (Lipinski definition) is 1. The van der Waals surface area contributed by atoms with Gasteiger partial charge in [0, 0.05) is 18.0 Å². The molecule has 0 spiro atoms. The van der Waals surface area contributed by atoms with Gasteiger partial charge >= 0.3 is 0 Å². The number of aromatic amines is 1. The maximum atomic E-state index is 13.7. The summed E-state index contributed by atoms with van der Waals surface area (Å²) in [7, 11) is 0. The second-order valence-corrected chi connectivity index (χ2v) is 6.20. The van der Waals surface area contributed by atoms with Crippen LogP contribution < -0.4 is 0 Å². The molecule has 0 saturated heterocycles. The van der Waals surface area contributed by atoms with Crippen LogP contribution in [0.15, 0.2) is 42.5 Å². The summed E-state index contributed by atoms with van der Waals surface area (Å²) in [6, 6.07) is 13.7. The van der Waals surface area contributed by atoms with Crippen molar-refractivity contribution in [3.05, 3.63) is 63.6 Å². The predicted octanol–water partition coefficient (Wildman–Crippen LogP) is 5.22. The molecule has 0 radical (unpaired) electrons. The van der Waals surface area contributed by atoms with Gasteiger partial charge in [-0.2, -0.15) is 0 Å². The zero-order valence-electron chi connectivity index (χ0n) is 11.0. The van der Waals surface area contributed by atoms with Gasteiger partial charge in [-0.1, -0.05) is 41.9 Å². The molecule has 1 saturated carbocycles. The lowest BCUT2D eigenvalue weighted by Gasteiger charge is -2.05. The lowest BCUT2D eigenvalue weighted by Crippen LogP contribution is -1.96. The van der Waals surface area contributed by atoms with Crippen LogP contribution in [0.2, 0.25) is 5.02 Å². The molecule has 1 aliphatic rings. The molecule has 2 nitrogen and oxygen atoms in total. The van der Waals surface area contributed by atoms with Gasteiger partial charge in [0.25, 0.3) is 0 Å². The van der Waals surface area contributed by atoms with Crippen LogP contribution in [0.5, 0.6) is 0 Å². The van der Waals surface area contributed by atoms with Crippen molar-refractivity contribution in [2.45, 2.75) is 18.4 Å². The quantitative estimate of drug-likeness (QED) is 0.642. The Morgan fingerprint density at radius 2 is 2.00 bits per heavy atom. The average molecular weight is 319 g/mol. The second-order valence-electron chi connectivity index (χ2n) is 5.40. The third-order valence-corrected chi connectivity index (χ3v) is 4.66. The van der Waals surface area contributed by atoms with E-state index >= 15 is 0 Å². The molecule has 106 valence electrons. The molecule has 1 heterocycles. The monoisotopic (exact) mass is 318 g/mol. The molecule has 0 bridgehead atoms. The highest BCUT2D eigenvalue weighted by Gasteiger charge is 2.41. The van der Waals surface area contributed by atoms with Crippen LogP contribution in [0.3, 0.4) is 0 Å². The first-order valence-electron chi connectivity index (χ1n) is 6.79. The van der Waals surface area contributed by atoms with E-state index in [1.807, 2.05) is 22.8 Å².